The Kier molecular flexibility index (Phi) is 10.1. The summed E-state index contributed by atoms with van der Waals surface area (Å²) in [7, 11) is 1.80. The van der Waals surface area contributed by atoms with Crippen LogP contribution in [0.5, 0.6) is 0 Å². The van der Waals surface area contributed by atoms with Gasteiger partial charge in [0.1, 0.15) is 0 Å². The van der Waals surface area contributed by atoms with Gasteiger partial charge in [-0.2, -0.15) is 0 Å². The highest BCUT2D eigenvalue weighted by molar-refractivity contribution is 14.0. The van der Waals surface area contributed by atoms with Crippen molar-refractivity contribution in [2.75, 3.05) is 53.0 Å². The molecule has 2 N–H and O–H groups in total. The quantitative estimate of drug-likeness (QED) is 0.405. The van der Waals surface area contributed by atoms with E-state index in [4.69, 9.17) is 4.74 Å². The molecule has 7 heteroatoms. The number of rotatable bonds is 6. The number of nitrogens with one attached hydrogen (secondary N) is 2. The second-order valence-electron chi connectivity index (χ2n) is 4.99. The molecule has 0 aliphatic carbocycles. The summed E-state index contributed by atoms with van der Waals surface area (Å²) in [6.07, 6.45) is 4.64. The molecule has 0 saturated carbocycles. The van der Waals surface area contributed by atoms with Crippen LogP contribution in [0.25, 0.3) is 0 Å². The fourth-order valence-corrected chi connectivity index (χ4v) is 2.25. The van der Waals surface area contributed by atoms with Crippen LogP contribution in [0.1, 0.15) is 5.56 Å². The van der Waals surface area contributed by atoms with E-state index in [9.17, 15) is 0 Å². The number of ether oxygens (including phenoxy) is 1. The number of morpholine rings is 1. The fraction of sp³-hybridized carbons (Fsp3) is 0.600. The van der Waals surface area contributed by atoms with Gasteiger partial charge in [0.05, 0.1) is 13.2 Å². The zero-order valence-corrected chi connectivity index (χ0v) is 15.5. The Labute approximate surface area is 149 Å². The van der Waals surface area contributed by atoms with E-state index < -0.39 is 0 Å². The van der Waals surface area contributed by atoms with Gasteiger partial charge >= 0.3 is 0 Å². The molecule has 1 aromatic rings. The molecule has 1 fully saturated rings. The lowest BCUT2D eigenvalue weighted by Gasteiger charge is -2.26. The van der Waals surface area contributed by atoms with E-state index in [-0.39, 0.29) is 24.0 Å². The van der Waals surface area contributed by atoms with Gasteiger partial charge in [-0.25, -0.2) is 0 Å². The molecule has 0 atom stereocenters. The first-order chi connectivity index (χ1) is 10.4. The molecule has 0 unspecified atom stereocenters. The summed E-state index contributed by atoms with van der Waals surface area (Å²) in [5.41, 5.74) is 1.23. The molecule has 0 amide bonds. The summed E-state index contributed by atoms with van der Waals surface area (Å²) in [6, 6.07) is 4.05. The predicted molar refractivity (Wildman–Crippen MR) is 100.0 cm³/mol. The lowest BCUT2D eigenvalue weighted by atomic mass is 10.2. The minimum Gasteiger partial charge on any atom is -0.379 e. The third-order valence-corrected chi connectivity index (χ3v) is 3.48. The smallest absolute Gasteiger partial charge is 0.191 e. The SMILES string of the molecule is CN=C(NCCc1cccnc1)NCCN1CCOCC1.I. The van der Waals surface area contributed by atoms with Gasteiger partial charge in [-0.05, 0) is 18.1 Å². The van der Waals surface area contributed by atoms with Crippen molar-refractivity contribution in [2.45, 2.75) is 6.42 Å². The minimum absolute atomic E-state index is 0. The number of guanidine groups is 1. The van der Waals surface area contributed by atoms with Crippen LogP contribution in [0.2, 0.25) is 0 Å². The summed E-state index contributed by atoms with van der Waals surface area (Å²) in [5, 5.41) is 6.67. The van der Waals surface area contributed by atoms with Crippen molar-refractivity contribution in [1.82, 2.24) is 20.5 Å². The Morgan fingerprint density at radius 2 is 2.09 bits per heavy atom. The molecule has 1 aliphatic heterocycles. The zero-order chi connectivity index (χ0) is 14.8. The van der Waals surface area contributed by atoms with Gasteiger partial charge < -0.3 is 15.4 Å². The van der Waals surface area contributed by atoms with Crippen molar-refractivity contribution in [3.05, 3.63) is 30.1 Å². The highest BCUT2D eigenvalue weighted by Crippen LogP contribution is 1.96. The summed E-state index contributed by atoms with van der Waals surface area (Å²) >= 11 is 0. The van der Waals surface area contributed by atoms with Gasteiger partial charge in [-0.1, -0.05) is 6.07 Å². The highest BCUT2D eigenvalue weighted by Gasteiger charge is 2.09. The van der Waals surface area contributed by atoms with Crippen LogP contribution < -0.4 is 10.6 Å². The van der Waals surface area contributed by atoms with Gasteiger partial charge in [0.25, 0.3) is 0 Å². The lowest BCUT2D eigenvalue weighted by Crippen LogP contribution is -2.44. The molecule has 124 valence electrons. The number of aliphatic imine (C=N–C) groups is 1. The second kappa shape index (κ2) is 11.6. The maximum absolute atomic E-state index is 5.34. The molecular formula is C15H26IN5O. The maximum atomic E-state index is 5.34. The standard InChI is InChI=1S/C15H25N5O.HI/c1-16-15(18-6-4-14-3-2-5-17-13-14)19-7-8-20-9-11-21-12-10-20;/h2-3,5,13H,4,6-12H2,1H3,(H2,16,18,19);1H. The molecule has 0 aromatic carbocycles. The topological polar surface area (TPSA) is 61.8 Å². The Morgan fingerprint density at radius 3 is 2.77 bits per heavy atom. The normalized spacial score (nSPS) is 16.0. The van der Waals surface area contributed by atoms with E-state index in [2.05, 4.69) is 31.6 Å². The summed E-state index contributed by atoms with van der Waals surface area (Å²) in [4.78, 5) is 10.8. The van der Waals surface area contributed by atoms with Crippen LogP contribution in [0, 0.1) is 0 Å². The first-order valence-corrected chi connectivity index (χ1v) is 7.52. The van der Waals surface area contributed by atoms with Crippen molar-refractivity contribution in [2.24, 2.45) is 4.99 Å². The van der Waals surface area contributed by atoms with Crippen molar-refractivity contribution in [3.63, 3.8) is 0 Å². The van der Waals surface area contributed by atoms with Gasteiger partial charge in [-0.3, -0.25) is 14.9 Å². The van der Waals surface area contributed by atoms with E-state index in [0.717, 1.165) is 58.3 Å². The largest absolute Gasteiger partial charge is 0.379 e. The van der Waals surface area contributed by atoms with Crippen molar-refractivity contribution in [1.29, 1.82) is 0 Å². The van der Waals surface area contributed by atoms with Crippen LogP contribution >= 0.6 is 24.0 Å². The molecule has 1 saturated heterocycles. The van der Waals surface area contributed by atoms with Crippen LogP contribution in [0.15, 0.2) is 29.5 Å². The number of hydrogen-bond acceptors (Lipinski definition) is 4. The van der Waals surface area contributed by atoms with Gasteiger partial charge in [-0.15, -0.1) is 24.0 Å². The Hall–Kier alpha value is -0.930. The predicted octanol–water partition coefficient (Wildman–Crippen LogP) is 0.739. The maximum Gasteiger partial charge on any atom is 0.191 e. The van der Waals surface area contributed by atoms with Gasteiger partial charge in [0.2, 0.25) is 0 Å². The molecular weight excluding hydrogens is 393 g/mol. The first kappa shape index (κ1) is 19.1. The van der Waals surface area contributed by atoms with Crippen LogP contribution in [-0.4, -0.2) is 68.8 Å². The number of halogens is 1. The Morgan fingerprint density at radius 1 is 1.32 bits per heavy atom. The molecule has 1 aromatic heterocycles. The third kappa shape index (κ3) is 7.37. The van der Waals surface area contributed by atoms with Crippen molar-refractivity contribution >= 4 is 29.9 Å². The zero-order valence-electron chi connectivity index (χ0n) is 13.1. The molecule has 22 heavy (non-hydrogen) atoms. The van der Waals surface area contributed by atoms with Gasteiger partial charge in [0.15, 0.2) is 5.96 Å². The summed E-state index contributed by atoms with van der Waals surface area (Å²) < 4.78 is 5.34. The van der Waals surface area contributed by atoms with Gasteiger partial charge in [0, 0.05) is 52.2 Å². The monoisotopic (exact) mass is 419 g/mol. The van der Waals surface area contributed by atoms with Crippen LogP contribution in [-0.2, 0) is 11.2 Å². The van der Waals surface area contributed by atoms with E-state index in [0.29, 0.717) is 0 Å². The summed E-state index contributed by atoms with van der Waals surface area (Å²) in [6.45, 7) is 6.50. The minimum atomic E-state index is 0. The number of pyridine rings is 1. The van der Waals surface area contributed by atoms with E-state index >= 15 is 0 Å². The first-order valence-electron chi connectivity index (χ1n) is 7.52. The summed E-state index contributed by atoms with van der Waals surface area (Å²) in [5.74, 6) is 0.854. The average molecular weight is 419 g/mol. The molecule has 2 rings (SSSR count). The third-order valence-electron chi connectivity index (χ3n) is 3.48. The van der Waals surface area contributed by atoms with E-state index in [1.807, 2.05) is 12.3 Å². The highest BCUT2D eigenvalue weighted by atomic mass is 127. The number of aromatic nitrogens is 1. The number of nitrogens with zero attached hydrogens (tertiary/aromatic N) is 3. The van der Waals surface area contributed by atoms with Crippen molar-refractivity contribution in [3.8, 4) is 0 Å². The fourth-order valence-electron chi connectivity index (χ4n) is 2.25. The van der Waals surface area contributed by atoms with Crippen LogP contribution in [0.4, 0.5) is 0 Å². The Bertz CT molecular complexity index is 423. The van der Waals surface area contributed by atoms with Crippen molar-refractivity contribution < 1.29 is 4.74 Å². The molecule has 0 spiro atoms. The van der Waals surface area contributed by atoms with E-state index in [1.54, 1.807) is 13.2 Å². The average Bonchev–Trinajstić information content (AvgIpc) is 2.55. The molecule has 0 radical (unpaired) electrons. The Balaban J connectivity index is 0.00000242. The number of hydrogen-bond donors (Lipinski definition) is 2. The lowest BCUT2D eigenvalue weighted by molar-refractivity contribution is 0.0389. The van der Waals surface area contributed by atoms with E-state index in [1.165, 1.54) is 5.56 Å². The molecule has 0 bridgehead atoms. The molecule has 2 heterocycles. The molecule has 1 aliphatic rings. The van der Waals surface area contributed by atoms with Crippen LogP contribution in [0.3, 0.4) is 0 Å². The second-order valence-corrected chi connectivity index (χ2v) is 4.99. The molecule has 6 nitrogen and oxygen atoms in total.